The highest BCUT2D eigenvalue weighted by Crippen LogP contribution is 2.15. The molecule has 0 atom stereocenters. The van der Waals surface area contributed by atoms with Crippen molar-refractivity contribution in [1.29, 1.82) is 0 Å². The number of ether oxygens (including phenoxy) is 1. The molecule has 0 spiro atoms. The second-order valence-electron chi connectivity index (χ2n) is 4.59. The van der Waals surface area contributed by atoms with Crippen LogP contribution in [0.25, 0.3) is 0 Å². The van der Waals surface area contributed by atoms with Gasteiger partial charge < -0.3 is 9.84 Å². The van der Waals surface area contributed by atoms with Gasteiger partial charge in [0.15, 0.2) is 0 Å². The zero-order chi connectivity index (χ0) is 15.7. The molecule has 1 rings (SSSR count). The molecule has 0 amide bonds. The lowest BCUT2D eigenvalue weighted by atomic mass is 10.2. The van der Waals surface area contributed by atoms with Crippen LogP contribution < -0.4 is 4.72 Å². The minimum absolute atomic E-state index is 0.0193. The number of sulfonamides is 1. The zero-order valence-electron chi connectivity index (χ0n) is 12.3. The van der Waals surface area contributed by atoms with Crippen LogP contribution in [0.4, 0.5) is 0 Å². The average Bonchev–Trinajstić information content (AvgIpc) is 2.84. The monoisotopic (exact) mass is 331 g/mol. The van der Waals surface area contributed by atoms with Gasteiger partial charge in [0.1, 0.15) is 0 Å². The number of aliphatic hydroxyl groups excluding tert-OH is 1. The van der Waals surface area contributed by atoms with Crippen LogP contribution in [-0.4, -0.2) is 38.6 Å². The Bertz CT molecular complexity index is 582. The molecule has 1 aromatic rings. The third-order valence-corrected chi connectivity index (χ3v) is 4.67. The summed E-state index contributed by atoms with van der Waals surface area (Å²) in [6, 6.07) is 1.85. The first-order valence-corrected chi connectivity index (χ1v) is 9.23. The smallest absolute Gasteiger partial charge is 0.214 e. The number of nitrogens with one attached hydrogen (secondary N) is 1. The Balaban J connectivity index is 2.52. The lowest BCUT2D eigenvalue weighted by Gasteiger charge is -2.09. The summed E-state index contributed by atoms with van der Waals surface area (Å²) in [6.45, 7) is 4.16. The van der Waals surface area contributed by atoms with E-state index in [1.54, 1.807) is 0 Å². The SMILES string of the molecule is CC(C)OCCS(=O)(=O)NCc1sccc1C#CCCO. The standard InChI is InChI=1S/C14H21NO4S2/c1-12(2)19-8-10-21(17,18)15-11-14-13(6-9-20-14)5-3-4-7-16/h6,9,12,15-16H,4,7-8,10-11H2,1-2H3. The van der Waals surface area contributed by atoms with Crippen molar-refractivity contribution < 1.29 is 18.3 Å². The van der Waals surface area contributed by atoms with E-state index in [1.807, 2.05) is 25.3 Å². The molecule has 118 valence electrons. The molecule has 21 heavy (non-hydrogen) atoms. The van der Waals surface area contributed by atoms with Crippen LogP contribution in [0, 0.1) is 11.8 Å². The van der Waals surface area contributed by atoms with Crippen molar-refractivity contribution in [1.82, 2.24) is 4.72 Å². The Morgan fingerprint density at radius 1 is 1.48 bits per heavy atom. The summed E-state index contributed by atoms with van der Waals surface area (Å²) in [6.07, 6.45) is 0.430. The van der Waals surface area contributed by atoms with E-state index in [0.29, 0.717) is 6.42 Å². The summed E-state index contributed by atoms with van der Waals surface area (Å²) in [5, 5.41) is 10.6. The highest BCUT2D eigenvalue weighted by atomic mass is 32.2. The summed E-state index contributed by atoms with van der Waals surface area (Å²) in [5.41, 5.74) is 0.801. The number of aliphatic hydroxyl groups is 1. The molecule has 0 fully saturated rings. The molecule has 1 heterocycles. The Morgan fingerprint density at radius 2 is 2.24 bits per heavy atom. The van der Waals surface area contributed by atoms with Gasteiger partial charge in [-0.05, 0) is 25.3 Å². The quantitative estimate of drug-likeness (QED) is 0.705. The van der Waals surface area contributed by atoms with Gasteiger partial charge in [0.25, 0.3) is 0 Å². The molecule has 0 saturated heterocycles. The van der Waals surface area contributed by atoms with Crippen molar-refractivity contribution in [3.05, 3.63) is 21.9 Å². The summed E-state index contributed by atoms with van der Waals surface area (Å²) < 4.78 is 31.4. The normalized spacial score (nSPS) is 11.4. The van der Waals surface area contributed by atoms with Crippen LogP contribution in [0.1, 0.15) is 30.7 Å². The van der Waals surface area contributed by atoms with E-state index in [1.165, 1.54) is 11.3 Å². The Morgan fingerprint density at radius 3 is 2.90 bits per heavy atom. The number of thiophene rings is 1. The molecule has 0 aliphatic heterocycles. The van der Waals surface area contributed by atoms with Crippen LogP contribution in [0.3, 0.4) is 0 Å². The molecule has 5 nitrogen and oxygen atoms in total. The molecule has 0 bridgehead atoms. The topological polar surface area (TPSA) is 75.6 Å². The Labute approximate surface area is 130 Å². The van der Waals surface area contributed by atoms with Crippen molar-refractivity contribution in [2.75, 3.05) is 19.0 Å². The van der Waals surface area contributed by atoms with Gasteiger partial charge >= 0.3 is 0 Å². The highest BCUT2D eigenvalue weighted by molar-refractivity contribution is 7.89. The molecule has 0 radical (unpaired) electrons. The van der Waals surface area contributed by atoms with Gasteiger partial charge in [0, 0.05) is 23.4 Å². The van der Waals surface area contributed by atoms with E-state index in [9.17, 15) is 8.42 Å². The molecule has 0 saturated carbocycles. The minimum atomic E-state index is -3.35. The molecule has 7 heteroatoms. The number of hydrogen-bond acceptors (Lipinski definition) is 5. The lowest BCUT2D eigenvalue weighted by molar-refractivity contribution is 0.0911. The molecular weight excluding hydrogens is 310 g/mol. The predicted octanol–water partition coefficient (Wildman–Crippen LogP) is 1.33. The van der Waals surface area contributed by atoms with E-state index in [2.05, 4.69) is 16.6 Å². The lowest BCUT2D eigenvalue weighted by Crippen LogP contribution is -2.28. The van der Waals surface area contributed by atoms with Crippen LogP contribution >= 0.6 is 11.3 Å². The first-order valence-electron chi connectivity index (χ1n) is 6.69. The first kappa shape index (κ1) is 18.1. The maximum absolute atomic E-state index is 11.8. The third-order valence-electron chi connectivity index (χ3n) is 2.46. The fourth-order valence-electron chi connectivity index (χ4n) is 1.44. The summed E-state index contributed by atoms with van der Waals surface area (Å²) >= 11 is 1.45. The van der Waals surface area contributed by atoms with E-state index in [0.717, 1.165) is 10.4 Å². The highest BCUT2D eigenvalue weighted by Gasteiger charge is 2.12. The van der Waals surface area contributed by atoms with Crippen molar-refractivity contribution in [3.63, 3.8) is 0 Å². The van der Waals surface area contributed by atoms with E-state index >= 15 is 0 Å². The van der Waals surface area contributed by atoms with Crippen molar-refractivity contribution in [2.24, 2.45) is 0 Å². The van der Waals surface area contributed by atoms with Crippen LogP contribution in [0.5, 0.6) is 0 Å². The second kappa shape index (κ2) is 9.18. The largest absolute Gasteiger partial charge is 0.395 e. The summed E-state index contributed by atoms with van der Waals surface area (Å²) in [5.74, 6) is 5.71. The van der Waals surface area contributed by atoms with E-state index in [4.69, 9.17) is 9.84 Å². The van der Waals surface area contributed by atoms with Crippen molar-refractivity contribution >= 4 is 21.4 Å². The van der Waals surface area contributed by atoms with Gasteiger partial charge in [-0.1, -0.05) is 11.8 Å². The van der Waals surface area contributed by atoms with Crippen molar-refractivity contribution in [3.8, 4) is 11.8 Å². The second-order valence-corrected chi connectivity index (χ2v) is 7.52. The maximum atomic E-state index is 11.8. The average molecular weight is 331 g/mol. The third kappa shape index (κ3) is 7.60. The molecule has 2 N–H and O–H groups in total. The zero-order valence-corrected chi connectivity index (χ0v) is 13.9. The van der Waals surface area contributed by atoms with E-state index in [-0.39, 0.29) is 31.6 Å². The molecule has 1 aromatic heterocycles. The first-order chi connectivity index (χ1) is 9.94. The Hall–Kier alpha value is -0.910. The molecule has 0 aliphatic rings. The van der Waals surface area contributed by atoms with E-state index < -0.39 is 10.0 Å². The van der Waals surface area contributed by atoms with Gasteiger partial charge in [-0.15, -0.1) is 11.3 Å². The summed E-state index contributed by atoms with van der Waals surface area (Å²) in [4.78, 5) is 0.869. The molecule has 0 unspecified atom stereocenters. The van der Waals surface area contributed by atoms with Crippen molar-refractivity contribution in [2.45, 2.75) is 32.9 Å². The van der Waals surface area contributed by atoms with Gasteiger partial charge in [0.2, 0.25) is 10.0 Å². The summed E-state index contributed by atoms with van der Waals surface area (Å²) in [7, 11) is -3.35. The molecule has 0 aromatic carbocycles. The fraction of sp³-hybridized carbons (Fsp3) is 0.571. The number of hydrogen-bond donors (Lipinski definition) is 2. The number of rotatable bonds is 8. The van der Waals surface area contributed by atoms with Gasteiger partial charge in [-0.3, -0.25) is 0 Å². The van der Waals surface area contributed by atoms with Gasteiger partial charge in [-0.25, -0.2) is 13.1 Å². The Kier molecular flexibility index (Phi) is 7.93. The molecular formula is C14H21NO4S2. The minimum Gasteiger partial charge on any atom is -0.395 e. The molecule has 0 aliphatic carbocycles. The fourth-order valence-corrected chi connectivity index (χ4v) is 3.13. The predicted molar refractivity (Wildman–Crippen MR) is 84.6 cm³/mol. The van der Waals surface area contributed by atoms with Crippen LogP contribution in [0.2, 0.25) is 0 Å². The maximum Gasteiger partial charge on any atom is 0.214 e. The van der Waals surface area contributed by atoms with Crippen LogP contribution in [0.15, 0.2) is 11.4 Å². The van der Waals surface area contributed by atoms with Gasteiger partial charge in [-0.2, -0.15) is 0 Å². The van der Waals surface area contributed by atoms with Gasteiger partial charge in [0.05, 0.1) is 25.1 Å². The van der Waals surface area contributed by atoms with Crippen LogP contribution in [-0.2, 0) is 21.3 Å².